The van der Waals surface area contributed by atoms with Gasteiger partial charge in [0.2, 0.25) is 5.79 Å². The van der Waals surface area contributed by atoms with Gasteiger partial charge in [-0.1, -0.05) is 35.5 Å². The van der Waals surface area contributed by atoms with Gasteiger partial charge in [-0.15, -0.1) is 0 Å². The van der Waals surface area contributed by atoms with E-state index in [9.17, 15) is 0 Å². The molecule has 18 heavy (non-hydrogen) atoms. The van der Waals surface area contributed by atoms with Crippen molar-refractivity contribution in [1.82, 2.24) is 0 Å². The fraction of sp³-hybridized carbons (Fsp3) is 0.364. The molecule has 7 heteroatoms. The molecule has 0 spiro atoms. The van der Waals surface area contributed by atoms with Crippen LogP contribution in [-0.2, 0) is 15.3 Å². The summed E-state index contributed by atoms with van der Waals surface area (Å²) in [6.07, 6.45) is 0.216. The zero-order valence-corrected chi connectivity index (χ0v) is 12.2. The van der Waals surface area contributed by atoms with E-state index < -0.39 is 5.79 Å². The fourth-order valence-electron chi connectivity index (χ4n) is 1.79. The zero-order chi connectivity index (χ0) is 11.4. The number of ether oxygens (including phenoxy) is 2. The standard InChI is InChI=1S/C11H14N2O3.Na.H2O/c12-10(13-14)8-11(15-6-7-16-11)9-4-2-1-3-5-9;;/h1-5,14H,6-8H2,(H2,12,13);;1H2/q;+1;/p-1. The van der Waals surface area contributed by atoms with Crippen molar-refractivity contribution in [1.29, 1.82) is 0 Å². The quantitative estimate of drug-likeness (QED) is 0.212. The van der Waals surface area contributed by atoms with E-state index in [0.29, 0.717) is 13.2 Å². The molecule has 2 rings (SSSR count). The Hall–Kier alpha value is -0.630. The molecule has 1 aromatic carbocycles. The number of nitrogens with two attached hydrogens (primary N) is 1. The van der Waals surface area contributed by atoms with Crippen molar-refractivity contribution in [2.45, 2.75) is 12.2 Å². The molecule has 0 radical (unpaired) electrons. The Bertz CT molecular complexity index is 380. The Balaban J connectivity index is 0.00000144. The monoisotopic (exact) mass is 262 g/mol. The molecule has 1 aromatic rings. The maximum Gasteiger partial charge on any atom is 1.00 e. The van der Waals surface area contributed by atoms with Gasteiger partial charge in [0, 0.05) is 5.56 Å². The van der Waals surface area contributed by atoms with Crippen molar-refractivity contribution in [3.8, 4) is 0 Å². The number of hydrogen-bond donors (Lipinski definition) is 2. The number of oxime groups is 1. The van der Waals surface area contributed by atoms with Gasteiger partial charge in [0.05, 0.1) is 19.6 Å². The van der Waals surface area contributed by atoms with Crippen LogP contribution in [0.3, 0.4) is 0 Å². The van der Waals surface area contributed by atoms with Gasteiger partial charge in [-0.05, 0) is 0 Å². The Morgan fingerprint density at radius 2 is 1.83 bits per heavy atom. The second-order valence-electron chi connectivity index (χ2n) is 3.58. The van der Waals surface area contributed by atoms with Crippen LogP contribution < -0.4 is 35.3 Å². The van der Waals surface area contributed by atoms with Crippen molar-refractivity contribution in [2.24, 2.45) is 10.9 Å². The summed E-state index contributed by atoms with van der Waals surface area (Å²) in [5.74, 6) is -0.817. The van der Waals surface area contributed by atoms with Crippen molar-refractivity contribution in [3.05, 3.63) is 35.9 Å². The summed E-state index contributed by atoms with van der Waals surface area (Å²) in [5, 5.41) is 11.6. The number of benzene rings is 1. The van der Waals surface area contributed by atoms with Gasteiger partial charge in [-0.2, -0.15) is 0 Å². The van der Waals surface area contributed by atoms with Gasteiger partial charge in [0.1, 0.15) is 5.84 Å². The van der Waals surface area contributed by atoms with E-state index in [1.54, 1.807) is 0 Å². The average molecular weight is 262 g/mol. The van der Waals surface area contributed by atoms with Crippen molar-refractivity contribution >= 4 is 5.84 Å². The molecular formula is C11H15N2NaO4. The molecular weight excluding hydrogens is 247 g/mol. The van der Waals surface area contributed by atoms with Crippen LogP contribution in [0.25, 0.3) is 0 Å². The Morgan fingerprint density at radius 1 is 1.28 bits per heavy atom. The molecule has 94 valence electrons. The van der Waals surface area contributed by atoms with Crippen molar-refractivity contribution < 1.29 is 49.7 Å². The van der Waals surface area contributed by atoms with Crippen LogP contribution in [0, 0.1) is 0 Å². The van der Waals surface area contributed by atoms with Crippen LogP contribution in [0.5, 0.6) is 0 Å². The molecule has 0 aliphatic carbocycles. The first-order chi connectivity index (χ1) is 7.77. The second-order valence-corrected chi connectivity index (χ2v) is 3.58. The molecule has 1 fully saturated rings. The van der Waals surface area contributed by atoms with Gasteiger partial charge < -0.3 is 25.9 Å². The molecule has 0 bridgehead atoms. The van der Waals surface area contributed by atoms with Crippen molar-refractivity contribution in [3.63, 3.8) is 0 Å². The molecule has 0 atom stereocenters. The number of amidine groups is 1. The Labute approximate surface area is 127 Å². The van der Waals surface area contributed by atoms with Crippen LogP contribution >= 0.6 is 0 Å². The minimum absolute atomic E-state index is 0. The van der Waals surface area contributed by atoms with E-state index in [0.717, 1.165) is 5.56 Å². The first-order valence-electron chi connectivity index (χ1n) is 5.07. The smallest absolute Gasteiger partial charge is 0.870 e. The summed E-state index contributed by atoms with van der Waals surface area (Å²) in [6, 6.07) is 9.50. The third-order valence-electron chi connectivity index (χ3n) is 2.51. The first kappa shape index (κ1) is 17.4. The molecule has 0 unspecified atom stereocenters. The van der Waals surface area contributed by atoms with Crippen LogP contribution in [0.15, 0.2) is 35.5 Å². The SMILES string of the molecule is N/C(CC1(c2ccccc2)OCCO1)=N\O.[Na+].[OH-]. The molecule has 0 saturated carbocycles. The maximum absolute atomic E-state index is 8.61. The van der Waals surface area contributed by atoms with Crippen LogP contribution in [0.1, 0.15) is 12.0 Å². The molecule has 1 heterocycles. The normalized spacial score (nSPS) is 17.7. The molecule has 0 amide bonds. The molecule has 1 aliphatic rings. The van der Waals surface area contributed by atoms with Gasteiger partial charge >= 0.3 is 29.6 Å². The zero-order valence-electron chi connectivity index (χ0n) is 10.2. The average Bonchev–Trinajstić information content (AvgIpc) is 2.80. The van der Waals surface area contributed by atoms with E-state index >= 15 is 0 Å². The Kier molecular flexibility index (Phi) is 7.46. The minimum Gasteiger partial charge on any atom is -0.870 e. The van der Waals surface area contributed by atoms with Gasteiger partial charge in [0.15, 0.2) is 0 Å². The van der Waals surface area contributed by atoms with Gasteiger partial charge in [-0.3, -0.25) is 0 Å². The van der Waals surface area contributed by atoms with E-state index in [-0.39, 0.29) is 47.3 Å². The Morgan fingerprint density at radius 3 is 2.33 bits per heavy atom. The number of rotatable bonds is 3. The third-order valence-corrected chi connectivity index (χ3v) is 2.51. The minimum atomic E-state index is -0.905. The first-order valence-corrected chi connectivity index (χ1v) is 5.07. The largest absolute Gasteiger partial charge is 1.00 e. The second kappa shape index (κ2) is 7.73. The van der Waals surface area contributed by atoms with Gasteiger partial charge in [-0.25, -0.2) is 0 Å². The predicted octanol–water partition coefficient (Wildman–Crippen LogP) is -2.15. The number of hydrogen-bond acceptors (Lipinski definition) is 5. The van der Waals surface area contributed by atoms with E-state index in [4.69, 9.17) is 20.4 Å². The van der Waals surface area contributed by atoms with Gasteiger partial charge in [0.25, 0.3) is 0 Å². The van der Waals surface area contributed by atoms with E-state index in [1.165, 1.54) is 0 Å². The molecule has 4 N–H and O–H groups in total. The van der Waals surface area contributed by atoms with Crippen LogP contribution in [-0.4, -0.2) is 29.7 Å². The fourth-order valence-corrected chi connectivity index (χ4v) is 1.79. The molecule has 0 aromatic heterocycles. The molecule has 1 saturated heterocycles. The summed E-state index contributed by atoms with van der Waals surface area (Å²) in [4.78, 5) is 0. The summed E-state index contributed by atoms with van der Waals surface area (Å²) in [7, 11) is 0. The number of nitrogens with zero attached hydrogens (tertiary/aromatic N) is 1. The molecule has 6 nitrogen and oxygen atoms in total. The summed E-state index contributed by atoms with van der Waals surface area (Å²) < 4.78 is 11.2. The van der Waals surface area contributed by atoms with Crippen LogP contribution in [0.2, 0.25) is 0 Å². The van der Waals surface area contributed by atoms with Crippen LogP contribution in [0.4, 0.5) is 0 Å². The maximum atomic E-state index is 8.61. The summed E-state index contributed by atoms with van der Waals surface area (Å²) in [6.45, 7) is 1.02. The van der Waals surface area contributed by atoms with Crippen molar-refractivity contribution in [2.75, 3.05) is 13.2 Å². The topological polar surface area (TPSA) is 107 Å². The predicted molar refractivity (Wildman–Crippen MR) is 60.0 cm³/mol. The van der Waals surface area contributed by atoms with E-state index in [1.807, 2.05) is 30.3 Å². The third kappa shape index (κ3) is 3.68. The summed E-state index contributed by atoms with van der Waals surface area (Å²) >= 11 is 0. The molecule has 1 aliphatic heterocycles. The van der Waals surface area contributed by atoms with E-state index in [2.05, 4.69) is 5.16 Å². The summed E-state index contributed by atoms with van der Waals surface area (Å²) in [5.41, 5.74) is 6.39.